The zero-order valence-electron chi connectivity index (χ0n) is 3.70. The highest BCUT2D eigenvalue weighted by Gasteiger charge is 2.01. The van der Waals surface area contributed by atoms with E-state index in [1.807, 2.05) is 0 Å². The molecule has 0 amide bonds. The van der Waals surface area contributed by atoms with Gasteiger partial charge in [-0.25, -0.2) is 0 Å². The molecule has 0 N–H and O–H groups in total. The lowest BCUT2D eigenvalue weighted by atomic mass is 10.5. The number of carbonyl (C=O) groups is 1. The van der Waals surface area contributed by atoms with Crippen LogP contribution in [0.25, 0.3) is 0 Å². The Morgan fingerprint density at radius 1 is 1.88 bits per heavy atom. The van der Waals surface area contributed by atoms with Gasteiger partial charge in [-0.05, 0) is 12.6 Å². The number of nitrogens with zero attached hydrogens (tertiary/aromatic N) is 2. The van der Waals surface area contributed by atoms with E-state index in [2.05, 4.69) is 21.4 Å². The van der Waals surface area contributed by atoms with E-state index >= 15 is 0 Å². The minimum Gasteiger partial charge on any atom is -0.274 e. The third-order valence-electron chi connectivity index (χ3n) is 0.570. The molecule has 0 aliphatic rings. The fourth-order valence-corrected chi connectivity index (χ4v) is 0.823. The van der Waals surface area contributed by atoms with Crippen LogP contribution in [0.5, 0.6) is 0 Å². The van der Waals surface area contributed by atoms with Crippen molar-refractivity contribution in [2.45, 2.75) is 0 Å². The molecule has 0 aliphatic heterocycles. The summed E-state index contributed by atoms with van der Waals surface area (Å²) in [5.74, 6) is 0. The fourth-order valence-electron chi connectivity index (χ4n) is 0.255. The average Bonchev–Trinajstić information content (AvgIpc) is 2.12. The number of hydrogen-bond donors (Lipinski definition) is 0. The molecule has 1 aromatic heterocycles. The van der Waals surface area contributed by atoms with Gasteiger partial charge < -0.3 is 0 Å². The van der Waals surface area contributed by atoms with Gasteiger partial charge in [0.25, 0.3) is 5.12 Å². The molecule has 1 aromatic rings. The molecule has 3 nitrogen and oxygen atoms in total. The quantitative estimate of drug-likeness (QED) is 0.589. The second-order valence-corrected chi connectivity index (χ2v) is 2.01. The largest absolute Gasteiger partial charge is 0.274 e. The lowest BCUT2D eigenvalue weighted by Gasteiger charge is -1.73. The van der Waals surface area contributed by atoms with E-state index in [-0.39, 0.29) is 5.69 Å². The monoisotopic (exact) mass is 145 g/mol. The fraction of sp³-hybridized carbons (Fsp3) is 0. The molecule has 41 valence electrons. The number of hydrogen-bond acceptors (Lipinski definition) is 4. The Hall–Kier alpha value is -0.550. The predicted molar refractivity (Wildman–Crippen MR) is 31.8 cm³/mol. The first-order valence-corrected chi connectivity index (χ1v) is 2.93. The van der Waals surface area contributed by atoms with Crippen molar-refractivity contribution in [2.24, 2.45) is 0 Å². The van der Waals surface area contributed by atoms with E-state index in [1.165, 1.54) is 6.20 Å². The van der Waals surface area contributed by atoms with Crippen LogP contribution < -0.4 is 0 Å². The molecule has 1 radical (unpaired) electrons. The van der Waals surface area contributed by atoms with E-state index in [1.54, 1.807) is 0 Å². The van der Waals surface area contributed by atoms with Gasteiger partial charge in [0.15, 0.2) is 5.69 Å². The Kier molecular flexibility index (Phi) is 1.50. The van der Waals surface area contributed by atoms with Gasteiger partial charge in [0.2, 0.25) is 0 Å². The first-order valence-electron chi connectivity index (χ1n) is 1.79. The molecule has 0 aromatic carbocycles. The topological polar surface area (TPSA) is 42.9 Å². The van der Waals surface area contributed by atoms with Gasteiger partial charge in [-0.3, -0.25) is 4.79 Å². The summed E-state index contributed by atoms with van der Waals surface area (Å²) in [7, 11) is 0. The van der Waals surface area contributed by atoms with Crippen LogP contribution in [0.1, 0.15) is 10.5 Å². The molecular formula is C3HN2OS2. The summed E-state index contributed by atoms with van der Waals surface area (Å²) in [6.07, 6.45) is 1.36. The minimum absolute atomic E-state index is 0.269. The van der Waals surface area contributed by atoms with Crippen molar-refractivity contribution in [3.63, 3.8) is 0 Å². The number of aromatic nitrogens is 2. The molecular weight excluding hydrogens is 144 g/mol. The van der Waals surface area contributed by atoms with E-state index in [9.17, 15) is 4.79 Å². The van der Waals surface area contributed by atoms with Gasteiger partial charge in [0.05, 0.1) is 17.9 Å². The molecule has 0 atom stereocenters. The Morgan fingerprint density at radius 2 is 2.62 bits per heavy atom. The van der Waals surface area contributed by atoms with Crippen LogP contribution in [-0.4, -0.2) is 13.9 Å². The number of rotatable bonds is 1. The summed E-state index contributed by atoms with van der Waals surface area (Å²) in [5.41, 5.74) is 0.269. The molecule has 8 heavy (non-hydrogen) atoms. The number of carbonyl (C=O) groups excluding carboxylic acids is 1. The van der Waals surface area contributed by atoms with Crippen LogP contribution in [0.15, 0.2) is 6.20 Å². The van der Waals surface area contributed by atoms with Gasteiger partial charge in [-0.15, -0.1) is 0 Å². The first kappa shape index (κ1) is 5.58. The van der Waals surface area contributed by atoms with Crippen molar-refractivity contribution in [2.75, 3.05) is 0 Å². The summed E-state index contributed by atoms with van der Waals surface area (Å²) >= 11 is 5.24. The highest BCUT2D eigenvalue weighted by atomic mass is 32.1. The summed E-state index contributed by atoms with van der Waals surface area (Å²) in [4.78, 5) is 10.2. The maximum absolute atomic E-state index is 10.2. The van der Waals surface area contributed by atoms with Gasteiger partial charge in [-0.2, -0.15) is 8.75 Å². The lowest BCUT2D eigenvalue weighted by molar-refractivity contribution is 0.108. The van der Waals surface area contributed by atoms with Crippen LogP contribution in [0.2, 0.25) is 0 Å². The second kappa shape index (κ2) is 2.15. The van der Waals surface area contributed by atoms with Crippen molar-refractivity contribution >= 4 is 29.5 Å². The van der Waals surface area contributed by atoms with Crippen molar-refractivity contribution in [3.8, 4) is 0 Å². The lowest BCUT2D eigenvalue weighted by Crippen LogP contribution is -1.85. The van der Waals surface area contributed by atoms with Crippen molar-refractivity contribution < 1.29 is 4.79 Å². The van der Waals surface area contributed by atoms with Crippen LogP contribution >= 0.6 is 24.4 Å². The molecule has 1 rings (SSSR count). The van der Waals surface area contributed by atoms with Crippen molar-refractivity contribution in [3.05, 3.63) is 11.9 Å². The molecule has 0 aliphatic carbocycles. The smallest absolute Gasteiger partial charge is 0.270 e. The average molecular weight is 145 g/mol. The molecule has 5 heteroatoms. The van der Waals surface area contributed by atoms with Crippen LogP contribution in [-0.2, 0) is 0 Å². The molecule has 1 heterocycles. The third kappa shape index (κ3) is 0.988. The first-order chi connectivity index (χ1) is 3.80. The molecule has 0 spiro atoms. The van der Waals surface area contributed by atoms with E-state index < -0.39 is 5.12 Å². The predicted octanol–water partition coefficient (Wildman–Crippen LogP) is 0.876. The standard InChI is InChI=1S/C3HN2OS2/c6-3(7)2-1-4-8-5-2/h1H. The highest BCUT2D eigenvalue weighted by molar-refractivity contribution is 7.97. The van der Waals surface area contributed by atoms with Gasteiger partial charge in [0, 0.05) is 0 Å². The molecule has 0 fully saturated rings. The van der Waals surface area contributed by atoms with Gasteiger partial charge >= 0.3 is 0 Å². The van der Waals surface area contributed by atoms with Crippen molar-refractivity contribution in [1.29, 1.82) is 0 Å². The Labute approximate surface area is 55.5 Å². The Morgan fingerprint density at radius 3 is 2.88 bits per heavy atom. The molecule has 0 saturated heterocycles. The minimum atomic E-state index is -0.446. The normalized spacial score (nSPS) is 9.00. The van der Waals surface area contributed by atoms with Crippen LogP contribution in [0.3, 0.4) is 0 Å². The highest BCUT2D eigenvalue weighted by Crippen LogP contribution is 1.97. The SMILES string of the molecule is O=C([S])c1cnsn1. The zero-order chi connectivity index (χ0) is 5.98. The Bertz CT molecular complexity index is 183. The van der Waals surface area contributed by atoms with E-state index in [0.717, 1.165) is 11.7 Å². The summed E-state index contributed by atoms with van der Waals surface area (Å²) in [6, 6.07) is 0. The summed E-state index contributed by atoms with van der Waals surface area (Å²) in [5, 5.41) is -0.446. The molecule has 0 bridgehead atoms. The second-order valence-electron chi connectivity index (χ2n) is 1.08. The maximum Gasteiger partial charge on any atom is 0.270 e. The third-order valence-corrected chi connectivity index (χ3v) is 1.26. The summed E-state index contributed by atoms with van der Waals surface area (Å²) in [6.45, 7) is 0. The van der Waals surface area contributed by atoms with Crippen LogP contribution in [0.4, 0.5) is 0 Å². The Balaban J connectivity index is 2.93. The maximum atomic E-state index is 10.2. The van der Waals surface area contributed by atoms with Gasteiger partial charge in [0.1, 0.15) is 0 Å². The van der Waals surface area contributed by atoms with Crippen molar-refractivity contribution in [1.82, 2.24) is 8.75 Å². The van der Waals surface area contributed by atoms with Gasteiger partial charge in [-0.1, -0.05) is 0 Å². The van der Waals surface area contributed by atoms with E-state index in [0.29, 0.717) is 0 Å². The molecule has 0 unspecified atom stereocenters. The zero-order valence-corrected chi connectivity index (χ0v) is 5.33. The summed E-state index contributed by atoms with van der Waals surface area (Å²) < 4.78 is 7.18. The van der Waals surface area contributed by atoms with Crippen LogP contribution in [0, 0.1) is 0 Å². The molecule has 0 saturated carbocycles. The van der Waals surface area contributed by atoms with E-state index in [4.69, 9.17) is 0 Å².